The van der Waals surface area contributed by atoms with Gasteiger partial charge in [-0.2, -0.15) is 0 Å². The third kappa shape index (κ3) is 5.39. The molecule has 0 aliphatic carbocycles. The first-order valence-electron chi connectivity index (χ1n) is 6.74. The molecular formula is C14H20N2O5. The summed E-state index contributed by atoms with van der Waals surface area (Å²) < 4.78 is 10.4. The molecule has 0 saturated carbocycles. The van der Waals surface area contributed by atoms with Crippen LogP contribution in [0.5, 0.6) is 5.75 Å². The van der Waals surface area contributed by atoms with Gasteiger partial charge in [-0.15, -0.1) is 0 Å². The number of nitrogens with one attached hydrogen (secondary N) is 1. The van der Waals surface area contributed by atoms with Gasteiger partial charge in [0, 0.05) is 12.1 Å². The fraction of sp³-hybridized carbons (Fsp3) is 0.500. The van der Waals surface area contributed by atoms with Gasteiger partial charge in [0.1, 0.15) is 12.6 Å². The molecule has 21 heavy (non-hydrogen) atoms. The molecule has 0 heterocycles. The molecule has 1 aromatic carbocycles. The average molecular weight is 296 g/mol. The molecule has 1 aromatic rings. The Labute approximate surface area is 123 Å². The molecule has 0 aromatic heterocycles. The summed E-state index contributed by atoms with van der Waals surface area (Å²) in [5.74, 6) is -0.313. The van der Waals surface area contributed by atoms with Gasteiger partial charge in [0.25, 0.3) is 0 Å². The smallest absolute Gasteiger partial charge is 0.326 e. The van der Waals surface area contributed by atoms with Crippen molar-refractivity contribution in [3.63, 3.8) is 0 Å². The van der Waals surface area contributed by atoms with Gasteiger partial charge >= 0.3 is 11.7 Å². The summed E-state index contributed by atoms with van der Waals surface area (Å²) in [5.41, 5.74) is -0.135. The van der Waals surface area contributed by atoms with Crippen molar-refractivity contribution in [2.75, 3.05) is 13.2 Å². The van der Waals surface area contributed by atoms with E-state index in [4.69, 9.17) is 9.47 Å². The van der Waals surface area contributed by atoms with Crippen molar-refractivity contribution in [3.05, 3.63) is 34.4 Å². The average Bonchev–Trinajstić information content (AvgIpc) is 2.43. The van der Waals surface area contributed by atoms with E-state index >= 15 is 0 Å². The molecule has 0 aliphatic rings. The zero-order chi connectivity index (χ0) is 15.8. The van der Waals surface area contributed by atoms with Gasteiger partial charge in [0.05, 0.1) is 11.5 Å². The minimum Gasteiger partial charge on any atom is -0.485 e. The van der Waals surface area contributed by atoms with Crippen LogP contribution in [0.1, 0.15) is 20.8 Å². The van der Waals surface area contributed by atoms with E-state index < -0.39 is 16.9 Å². The summed E-state index contributed by atoms with van der Waals surface area (Å²) in [6.45, 7) is 5.71. The minimum absolute atomic E-state index is 0.0398. The Morgan fingerprint density at radius 1 is 1.38 bits per heavy atom. The Balaban J connectivity index is 2.77. The van der Waals surface area contributed by atoms with Crippen molar-refractivity contribution in [3.8, 4) is 5.75 Å². The van der Waals surface area contributed by atoms with Crippen molar-refractivity contribution in [2.45, 2.75) is 32.9 Å². The molecule has 0 spiro atoms. The highest BCUT2D eigenvalue weighted by molar-refractivity contribution is 5.76. The molecule has 0 aliphatic heterocycles. The van der Waals surface area contributed by atoms with Crippen LogP contribution < -0.4 is 10.1 Å². The molecular weight excluding hydrogens is 276 g/mol. The van der Waals surface area contributed by atoms with Gasteiger partial charge in [-0.3, -0.25) is 20.2 Å². The van der Waals surface area contributed by atoms with Crippen molar-refractivity contribution in [1.82, 2.24) is 5.32 Å². The first-order chi connectivity index (χ1) is 9.95. The molecule has 1 rings (SSSR count). The number of rotatable bonds is 8. The number of nitrogens with zero attached hydrogens (tertiary/aromatic N) is 1. The summed E-state index contributed by atoms with van der Waals surface area (Å²) in [6, 6.07) is 5.41. The maximum atomic E-state index is 11.8. The molecule has 0 bridgehead atoms. The second kappa shape index (κ2) is 8.21. The van der Waals surface area contributed by atoms with Crippen molar-refractivity contribution in [2.24, 2.45) is 0 Å². The fourth-order valence-electron chi connectivity index (χ4n) is 1.73. The van der Waals surface area contributed by atoms with Crippen molar-refractivity contribution >= 4 is 11.7 Å². The van der Waals surface area contributed by atoms with Crippen LogP contribution in [0.25, 0.3) is 0 Å². The Morgan fingerprint density at radius 2 is 2.05 bits per heavy atom. The van der Waals surface area contributed by atoms with Crippen LogP contribution in [0, 0.1) is 10.1 Å². The number of carbonyl (C=O) groups excluding carboxylic acids is 1. The largest absolute Gasteiger partial charge is 0.485 e. The van der Waals surface area contributed by atoms with Gasteiger partial charge in [-0.25, -0.2) is 0 Å². The number of para-hydroxylation sites is 2. The standard InChI is InChI=1S/C14H20N2O5/c1-4-20-14(17)11(15-10(2)3)9-21-13-8-6-5-7-12(13)16(18)19/h5-8,10-11,15H,4,9H2,1-3H3. The molecule has 116 valence electrons. The van der Waals surface area contributed by atoms with Crippen LogP contribution in [-0.4, -0.2) is 36.2 Å². The predicted octanol–water partition coefficient (Wildman–Crippen LogP) is 1.90. The van der Waals surface area contributed by atoms with Gasteiger partial charge in [-0.05, 0) is 13.0 Å². The number of esters is 1. The van der Waals surface area contributed by atoms with Crippen molar-refractivity contribution < 1.29 is 19.2 Å². The number of hydrogen-bond acceptors (Lipinski definition) is 6. The lowest BCUT2D eigenvalue weighted by Crippen LogP contribution is -2.45. The Morgan fingerprint density at radius 3 is 2.62 bits per heavy atom. The number of carbonyl (C=O) groups is 1. The van der Waals surface area contributed by atoms with E-state index in [1.165, 1.54) is 12.1 Å². The zero-order valence-corrected chi connectivity index (χ0v) is 12.4. The topological polar surface area (TPSA) is 90.7 Å². The van der Waals surface area contributed by atoms with E-state index in [-0.39, 0.29) is 30.7 Å². The SMILES string of the molecule is CCOC(=O)C(COc1ccccc1[N+](=O)[O-])NC(C)C. The van der Waals surface area contributed by atoms with E-state index in [2.05, 4.69) is 5.32 Å². The van der Waals surface area contributed by atoms with Crippen LogP contribution in [0.2, 0.25) is 0 Å². The first-order valence-corrected chi connectivity index (χ1v) is 6.74. The Bertz CT molecular complexity index is 490. The number of nitro groups is 1. The quantitative estimate of drug-likeness (QED) is 0.447. The second-order valence-electron chi connectivity index (χ2n) is 4.66. The monoisotopic (exact) mass is 296 g/mol. The van der Waals surface area contributed by atoms with Gasteiger partial charge < -0.3 is 9.47 Å². The molecule has 0 saturated heterocycles. The fourth-order valence-corrected chi connectivity index (χ4v) is 1.73. The van der Waals surface area contributed by atoms with E-state index in [1.807, 2.05) is 13.8 Å². The number of hydrogen-bond donors (Lipinski definition) is 1. The molecule has 1 atom stereocenters. The van der Waals surface area contributed by atoms with Crippen molar-refractivity contribution in [1.29, 1.82) is 0 Å². The molecule has 0 radical (unpaired) electrons. The highest BCUT2D eigenvalue weighted by Crippen LogP contribution is 2.25. The normalized spacial score (nSPS) is 12.0. The summed E-state index contributed by atoms with van der Waals surface area (Å²) in [5, 5.41) is 13.9. The second-order valence-corrected chi connectivity index (χ2v) is 4.66. The summed E-state index contributed by atoms with van der Waals surface area (Å²) >= 11 is 0. The highest BCUT2D eigenvalue weighted by atomic mass is 16.6. The van der Waals surface area contributed by atoms with Crippen LogP contribution in [0.15, 0.2) is 24.3 Å². The van der Waals surface area contributed by atoms with Crippen LogP contribution >= 0.6 is 0 Å². The third-order valence-electron chi connectivity index (χ3n) is 2.57. The number of nitro benzene ring substituents is 1. The zero-order valence-electron chi connectivity index (χ0n) is 12.4. The maximum absolute atomic E-state index is 11.8. The van der Waals surface area contributed by atoms with E-state index in [1.54, 1.807) is 19.1 Å². The third-order valence-corrected chi connectivity index (χ3v) is 2.57. The Hall–Kier alpha value is -2.15. The lowest BCUT2D eigenvalue weighted by molar-refractivity contribution is -0.385. The highest BCUT2D eigenvalue weighted by Gasteiger charge is 2.23. The van der Waals surface area contributed by atoms with E-state index in [0.29, 0.717) is 0 Å². The molecule has 0 amide bonds. The summed E-state index contributed by atoms with van der Waals surface area (Å²) in [7, 11) is 0. The lowest BCUT2D eigenvalue weighted by Gasteiger charge is -2.20. The molecule has 1 unspecified atom stereocenters. The summed E-state index contributed by atoms with van der Waals surface area (Å²) in [6.07, 6.45) is 0. The Kier molecular flexibility index (Phi) is 6.61. The first kappa shape index (κ1) is 16.9. The van der Waals surface area contributed by atoms with Crippen LogP contribution in [0.3, 0.4) is 0 Å². The molecule has 1 N–H and O–H groups in total. The van der Waals surface area contributed by atoms with Gasteiger partial charge in [0.2, 0.25) is 0 Å². The lowest BCUT2D eigenvalue weighted by atomic mass is 10.2. The van der Waals surface area contributed by atoms with Gasteiger partial charge in [0.15, 0.2) is 5.75 Å². The van der Waals surface area contributed by atoms with E-state index in [9.17, 15) is 14.9 Å². The van der Waals surface area contributed by atoms with Crippen LogP contribution in [-0.2, 0) is 9.53 Å². The number of ether oxygens (including phenoxy) is 2. The molecule has 7 heteroatoms. The number of benzene rings is 1. The van der Waals surface area contributed by atoms with E-state index in [0.717, 1.165) is 0 Å². The summed E-state index contributed by atoms with van der Waals surface area (Å²) in [4.78, 5) is 22.2. The molecule has 7 nitrogen and oxygen atoms in total. The maximum Gasteiger partial charge on any atom is 0.326 e. The van der Waals surface area contributed by atoms with Crippen LogP contribution in [0.4, 0.5) is 5.69 Å². The predicted molar refractivity (Wildman–Crippen MR) is 77.3 cm³/mol. The van der Waals surface area contributed by atoms with Gasteiger partial charge in [-0.1, -0.05) is 26.0 Å². The molecule has 0 fully saturated rings. The minimum atomic E-state index is -0.676.